The molecule has 0 rings (SSSR count). The zero-order valence-electron chi connectivity index (χ0n) is 14.8. The Bertz CT molecular complexity index is 232. The smallest absolute Gasteiger partial charge is 0.672 e. The van der Waals surface area contributed by atoms with Gasteiger partial charge in [-0.05, 0) is 0 Å². The van der Waals surface area contributed by atoms with Crippen molar-refractivity contribution in [2.75, 3.05) is 0 Å². The van der Waals surface area contributed by atoms with Crippen molar-refractivity contribution in [3.8, 4) is 0 Å². The van der Waals surface area contributed by atoms with Crippen molar-refractivity contribution in [2.45, 2.75) is 0 Å². The van der Waals surface area contributed by atoms with Crippen LogP contribution in [0, 0.1) is 0 Å². The molecule has 0 atom stereocenters. The molecule has 0 radical (unpaired) electrons. The van der Waals surface area contributed by atoms with Crippen LogP contribution in [0.3, 0.4) is 0 Å². The van der Waals surface area contributed by atoms with Crippen LogP contribution in [0.1, 0.15) is 0 Å². The molecule has 0 aliphatic rings. The predicted octanol–water partition coefficient (Wildman–Crippen LogP) is -28.8. The van der Waals surface area contributed by atoms with E-state index in [1.165, 1.54) is 0 Å². The number of hydrogen-bond acceptors (Lipinski definition) is 15. The van der Waals surface area contributed by atoms with E-state index >= 15 is 0 Å². The fourth-order valence-electron chi connectivity index (χ4n) is 0. The van der Waals surface area contributed by atoms with Crippen LogP contribution in [0.15, 0.2) is 0 Å². The maximum Gasteiger partial charge on any atom is 3.00 e. The second kappa shape index (κ2) is 77.1. The van der Waals surface area contributed by atoms with Gasteiger partial charge in [0.1, 0.15) is 0 Å². The molecular formula is H4Al2K2Na2O17Si5. The second-order valence-electron chi connectivity index (χ2n) is 1.25. The minimum atomic E-state index is -3.63. The largest absolute Gasteiger partial charge is 3.00 e. The fraction of sp³-hybridized carbons (Fsp3) is 0. The zero-order chi connectivity index (χ0) is 17.9. The monoisotopic (exact) mass is 594 g/mol. The van der Waals surface area contributed by atoms with Gasteiger partial charge in [0.2, 0.25) is 0 Å². The Morgan fingerprint density at radius 3 is 0.357 bits per heavy atom. The molecule has 0 aromatic rings. The molecule has 0 aromatic heterocycles. The van der Waals surface area contributed by atoms with Gasteiger partial charge in [0, 0.05) is 45.9 Å². The zero-order valence-corrected chi connectivity index (χ0v) is 32.3. The summed E-state index contributed by atoms with van der Waals surface area (Å²) in [5.74, 6) is 0. The Morgan fingerprint density at radius 1 is 0.357 bits per heavy atom. The van der Waals surface area contributed by atoms with E-state index in [9.17, 15) is 0 Å². The molecule has 0 unspecified atom stereocenters. The summed E-state index contributed by atoms with van der Waals surface area (Å²) in [4.78, 5) is 85.2. The molecule has 0 amide bonds. The maximum absolute atomic E-state index is 8.52. The molecule has 28 heteroatoms. The first-order valence-corrected chi connectivity index (χ1v) is 9.19. The van der Waals surface area contributed by atoms with Gasteiger partial charge >= 0.3 is 197 Å². The normalized spacial score (nSPS) is 4.29. The van der Waals surface area contributed by atoms with E-state index in [-0.39, 0.29) is 208 Å². The summed E-state index contributed by atoms with van der Waals surface area (Å²) in [5.41, 5.74) is 0. The molecule has 0 fully saturated rings. The molecule has 0 aliphatic heterocycles. The van der Waals surface area contributed by atoms with Gasteiger partial charge in [-0.1, -0.05) is 0 Å². The molecule has 4 N–H and O–H groups in total. The van der Waals surface area contributed by atoms with E-state index in [2.05, 4.69) is 0 Å². The van der Waals surface area contributed by atoms with Crippen LogP contribution < -0.4 is 210 Å². The molecule has 28 heavy (non-hydrogen) atoms. The SMILES string of the molecule is O.O.O=[Si]([O-])[O-].O=[Si]([O-])[O-].O=[Si]([O-])[O-].O=[Si]([O-])[O-].O=[Si]([O-])[O-].[Al+3].[Al+3].[K+].[K+].[Na+].[Na+]. The van der Waals surface area contributed by atoms with E-state index in [0.717, 1.165) is 0 Å². The molecule has 0 aliphatic carbocycles. The third kappa shape index (κ3) is 1390. The summed E-state index contributed by atoms with van der Waals surface area (Å²) in [5, 5.41) is 0. The molecule has 0 saturated carbocycles. The van der Waals surface area contributed by atoms with E-state index < -0.39 is 45.9 Å². The summed E-state index contributed by atoms with van der Waals surface area (Å²) in [6.45, 7) is 0. The molecule has 0 aromatic carbocycles. The molecular weight excluding hydrogens is 591 g/mol. The second-order valence-corrected chi connectivity index (χ2v) is 3.75. The molecule has 136 valence electrons. The van der Waals surface area contributed by atoms with Crippen LogP contribution in [0.25, 0.3) is 0 Å². The third-order valence-electron chi connectivity index (χ3n) is 0. The van der Waals surface area contributed by atoms with Crippen molar-refractivity contribution in [2.24, 2.45) is 0 Å². The van der Waals surface area contributed by atoms with E-state index in [0.29, 0.717) is 0 Å². The first-order valence-electron chi connectivity index (χ1n) is 3.06. The first-order chi connectivity index (χ1) is 8.66. The van der Waals surface area contributed by atoms with Crippen molar-refractivity contribution in [3.63, 3.8) is 0 Å². The van der Waals surface area contributed by atoms with Crippen LogP contribution in [0.5, 0.6) is 0 Å². The molecule has 0 heterocycles. The Balaban J connectivity index is -0.00000000852. The number of rotatable bonds is 0. The number of hydrogen-bond donors (Lipinski definition) is 0. The van der Waals surface area contributed by atoms with Crippen LogP contribution in [-0.4, -0.2) is 91.5 Å². The molecule has 0 saturated heterocycles. The van der Waals surface area contributed by atoms with Gasteiger partial charge in [0.05, 0.1) is 0 Å². The summed E-state index contributed by atoms with van der Waals surface area (Å²) in [6, 6.07) is 0. The quantitative estimate of drug-likeness (QED) is 0.235. The van der Waals surface area contributed by atoms with Crippen LogP contribution in [-0.2, 0) is 22.3 Å². The average molecular weight is 595 g/mol. The van der Waals surface area contributed by atoms with Gasteiger partial charge in [-0.25, -0.2) is 0 Å². The van der Waals surface area contributed by atoms with Gasteiger partial charge in [-0.15, -0.1) is 0 Å². The van der Waals surface area contributed by atoms with Crippen molar-refractivity contribution >= 4 is 80.6 Å². The Kier molecular flexibility index (Phi) is 234. The van der Waals surface area contributed by atoms with Gasteiger partial charge in [-0.3, -0.25) is 0 Å². The van der Waals surface area contributed by atoms with Crippen LogP contribution in [0.4, 0.5) is 0 Å². The van der Waals surface area contributed by atoms with E-state index in [1.807, 2.05) is 0 Å². The van der Waals surface area contributed by atoms with Gasteiger partial charge in [-0.2, -0.15) is 0 Å². The van der Waals surface area contributed by atoms with Crippen molar-refractivity contribution in [3.05, 3.63) is 0 Å². The summed E-state index contributed by atoms with van der Waals surface area (Å²) < 4.78 is 42.6. The van der Waals surface area contributed by atoms with Gasteiger partial charge < -0.3 is 81.2 Å². The van der Waals surface area contributed by atoms with Crippen molar-refractivity contribution in [1.29, 1.82) is 0 Å². The molecule has 0 bridgehead atoms. The topological polar surface area (TPSA) is 379 Å². The predicted molar refractivity (Wildman–Crippen MR) is 50.9 cm³/mol. The van der Waals surface area contributed by atoms with E-state index in [1.54, 1.807) is 0 Å². The van der Waals surface area contributed by atoms with Crippen molar-refractivity contribution < 1.29 is 243 Å². The van der Waals surface area contributed by atoms with Crippen molar-refractivity contribution in [1.82, 2.24) is 0 Å². The Morgan fingerprint density at radius 2 is 0.357 bits per heavy atom. The standard InChI is InChI=1S/2Al.2K.2Na.5O3Si.2H2O/c;;;;;;5*1-4(2)3;;/h;;;;;;;;;;;2*1H2/q2*+3;4*+1;5*-2;;. The molecule has 0 spiro atoms. The van der Waals surface area contributed by atoms with Gasteiger partial charge in [0.25, 0.3) is 0 Å². The Labute approximate surface area is 316 Å². The summed E-state index contributed by atoms with van der Waals surface area (Å²) in [6.07, 6.45) is 0. The van der Waals surface area contributed by atoms with Crippen LogP contribution >= 0.6 is 0 Å². The fourth-order valence-corrected chi connectivity index (χ4v) is 0. The average Bonchev–Trinajstić information content (AvgIpc) is 1.94. The Hall–Kier alpha value is 4.34. The van der Waals surface area contributed by atoms with Gasteiger partial charge in [0.15, 0.2) is 0 Å². The molecule has 17 nitrogen and oxygen atoms in total. The van der Waals surface area contributed by atoms with E-state index in [4.69, 9.17) is 70.3 Å². The summed E-state index contributed by atoms with van der Waals surface area (Å²) >= 11 is 0. The minimum absolute atomic E-state index is 0. The summed E-state index contributed by atoms with van der Waals surface area (Å²) in [7, 11) is -18.1. The van der Waals surface area contributed by atoms with Crippen LogP contribution in [0.2, 0.25) is 0 Å². The first kappa shape index (κ1) is 84.9. The maximum atomic E-state index is 8.52. The minimum Gasteiger partial charge on any atom is -0.672 e. The third-order valence-corrected chi connectivity index (χ3v) is 0.